The molecule has 2 fully saturated rings. The van der Waals surface area contributed by atoms with Crippen molar-refractivity contribution in [2.24, 2.45) is 0 Å². The van der Waals surface area contributed by atoms with Gasteiger partial charge in [0.25, 0.3) is 0 Å². The molecule has 7 heteroatoms. The van der Waals surface area contributed by atoms with Gasteiger partial charge in [-0.25, -0.2) is 4.98 Å². The zero-order valence-corrected chi connectivity index (χ0v) is 15.3. The zero-order chi connectivity index (χ0) is 17.8. The van der Waals surface area contributed by atoms with Gasteiger partial charge in [-0.1, -0.05) is 12.8 Å². The first kappa shape index (κ1) is 17.9. The van der Waals surface area contributed by atoms with E-state index in [0.29, 0.717) is 19.1 Å². The molecule has 1 aromatic rings. The normalized spacial score (nSPS) is 22.2. The molecule has 1 saturated heterocycles. The van der Waals surface area contributed by atoms with Gasteiger partial charge in [0.05, 0.1) is 19.0 Å². The van der Waals surface area contributed by atoms with E-state index in [-0.39, 0.29) is 24.3 Å². The number of carbonyl (C=O) groups is 2. The molecule has 2 aliphatic rings. The van der Waals surface area contributed by atoms with Crippen molar-refractivity contribution in [3.63, 3.8) is 0 Å². The molecule has 3 rings (SSSR count). The predicted octanol–water partition coefficient (Wildman–Crippen LogP) is 0.995. The van der Waals surface area contributed by atoms with Crippen LogP contribution in [0.4, 0.5) is 0 Å². The van der Waals surface area contributed by atoms with Crippen molar-refractivity contribution < 1.29 is 9.59 Å². The van der Waals surface area contributed by atoms with E-state index >= 15 is 0 Å². The third-order valence-electron chi connectivity index (χ3n) is 5.48. The number of amides is 2. The number of nitrogens with one attached hydrogen (secondary N) is 1. The second kappa shape index (κ2) is 7.99. The second-order valence-corrected chi connectivity index (χ2v) is 7.07. The Morgan fingerprint density at radius 1 is 1.40 bits per heavy atom. The van der Waals surface area contributed by atoms with Gasteiger partial charge in [0, 0.05) is 45.1 Å². The van der Waals surface area contributed by atoms with E-state index in [9.17, 15) is 9.59 Å². The van der Waals surface area contributed by atoms with Crippen molar-refractivity contribution in [2.75, 3.05) is 20.1 Å². The summed E-state index contributed by atoms with van der Waals surface area (Å²) in [4.78, 5) is 33.4. The lowest BCUT2D eigenvalue weighted by atomic mass is 10.0. The van der Waals surface area contributed by atoms with E-state index in [2.05, 4.69) is 22.1 Å². The third-order valence-corrected chi connectivity index (χ3v) is 5.48. The highest BCUT2D eigenvalue weighted by Gasteiger charge is 2.37. The predicted molar refractivity (Wildman–Crippen MR) is 94.8 cm³/mol. The van der Waals surface area contributed by atoms with Crippen LogP contribution in [0.15, 0.2) is 12.4 Å². The highest BCUT2D eigenvalue weighted by atomic mass is 16.2. The van der Waals surface area contributed by atoms with Crippen molar-refractivity contribution in [3.8, 4) is 0 Å². The van der Waals surface area contributed by atoms with Crippen molar-refractivity contribution >= 4 is 11.8 Å². The molecular formula is C18H29N5O2. The highest BCUT2D eigenvalue weighted by Crippen LogP contribution is 2.27. The minimum atomic E-state index is -0.335. The average Bonchev–Trinajstić information content (AvgIpc) is 3.27. The number of rotatable bonds is 6. The van der Waals surface area contributed by atoms with E-state index in [4.69, 9.17) is 0 Å². The van der Waals surface area contributed by atoms with Crippen LogP contribution < -0.4 is 5.32 Å². The Bertz CT molecular complexity index is 608. The van der Waals surface area contributed by atoms with Crippen LogP contribution in [0, 0.1) is 0 Å². The van der Waals surface area contributed by atoms with E-state index in [1.807, 2.05) is 10.8 Å². The van der Waals surface area contributed by atoms with Gasteiger partial charge < -0.3 is 14.8 Å². The van der Waals surface area contributed by atoms with Gasteiger partial charge in [0.2, 0.25) is 11.8 Å². The zero-order valence-electron chi connectivity index (χ0n) is 15.3. The first-order chi connectivity index (χ1) is 12.1. The number of imidazole rings is 1. The van der Waals surface area contributed by atoms with E-state index in [1.165, 1.54) is 12.8 Å². The van der Waals surface area contributed by atoms with Crippen molar-refractivity contribution in [3.05, 3.63) is 18.2 Å². The fourth-order valence-corrected chi connectivity index (χ4v) is 4.02. The molecule has 2 heterocycles. The number of nitrogens with zero attached hydrogens (tertiary/aromatic N) is 4. The maximum atomic E-state index is 12.7. The Morgan fingerprint density at radius 2 is 2.16 bits per heavy atom. The van der Waals surface area contributed by atoms with Crippen molar-refractivity contribution in [1.29, 1.82) is 0 Å². The summed E-state index contributed by atoms with van der Waals surface area (Å²) in [5, 5.41) is 2.93. The highest BCUT2D eigenvalue weighted by molar-refractivity contribution is 5.88. The lowest BCUT2D eigenvalue weighted by Gasteiger charge is -2.39. The number of aromatic nitrogens is 2. The molecule has 25 heavy (non-hydrogen) atoms. The topological polar surface area (TPSA) is 70.5 Å². The fraction of sp³-hybridized carbons (Fsp3) is 0.722. The quantitative estimate of drug-likeness (QED) is 0.833. The summed E-state index contributed by atoms with van der Waals surface area (Å²) in [6.07, 6.45) is 8.65. The molecule has 1 aliphatic carbocycles. The van der Waals surface area contributed by atoms with Gasteiger partial charge in [0.1, 0.15) is 5.82 Å². The molecular weight excluding hydrogens is 318 g/mol. The maximum absolute atomic E-state index is 12.7. The Labute approximate surface area is 149 Å². The molecule has 1 saturated carbocycles. The molecule has 0 aromatic carbocycles. The molecule has 138 valence electrons. The number of piperazine rings is 1. The lowest BCUT2D eigenvalue weighted by Crippen LogP contribution is -2.59. The van der Waals surface area contributed by atoms with Crippen molar-refractivity contribution in [1.82, 2.24) is 24.7 Å². The maximum Gasteiger partial charge on any atom is 0.237 e. The summed E-state index contributed by atoms with van der Waals surface area (Å²) in [7, 11) is 1.79. The number of aryl methyl sites for hydroxylation is 1. The lowest BCUT2D eigenvalue weighted by molar-refractivity contribution is -0.139. The average molecular weight is 347 g/mol. The third kappa shape index (κ3) is 4.03. The number of hydrogen-bond donors (Lipinski definition) is 1. The Balaban J connectivity index is 1.63. The standard InChI is InChI=1S/C18H29N5O2/c1-3-22-10-8-19-16(22)13-21(2)17(24)12-15-18(25)20-9-11-23(15)14-6-4-5-7-14/h8,10,14-15H,3-7,9,11-13H2,1-2H3,(H,20,25). The molecule has 1 N–H and O–H groups in total. The second-order valence-electron chi connectivity index (χ2n) is 7.07. The molecule has 1 atom stereocenters. The summed E-state index contributed by atoms with van der Waals surface area (Å²) in [5.41, 5.74) is 0. The van der Waals surface area contributed by atoms with Gasteiger partial charge in [-0.05, 0) is 19.8 Å². The largest absolute Gasteiger partial charge is 0.353 e. The summed E-state index contributed by atoms with van der Waals surface area (Å²) >= 11 is 0. The Morgan fingerprint density at radius 3 is 2.88 bits per heavy atom. The van der Waals surface area contributed by atoms with E-state index in [0.717, 1.165) is 31.8 Å². The van der Waals surface area contributed by atoms with Gasteiger partial charge in [-0.15, -0.1) is 0 Å². The number of hydrogen-bond acceptors (Lipinski definition) is 4. The number of carbonyl (C=O) groups excluding carboxylic acids is 2. The minimum Gasteiger partial charge on any atom is -0.353 e. The van der Waals surface area contributed by atoms with Crippen LogP contribution in [0.25, 0.3) is 0 Å². The van der Waals surface area contributed by atoms with Crippen LogP contribution in [-0.4, -0.2) is 63.4 Å². The van der Waals surface area contributed by atoms with E-state index in [1.54, 1.807) is 18.1 Å². The van der Waals surface area contributed by atoms with Gasteiger partial charge in [-0.3, -0.25) is 14.5 Å². The summed E-state index contributed by atoms with van der Waals surface area (Å²) < 4.78 is 2.03. The Hall–Kier alpha value is -1.89. The van der Waals surface area contributed by atoms with Crippen LogP contribution in [0.5, 0.6) is 0 Å². The van der Waals surface area contributed by atoms with Gasteiger partial charge >= 0.3 is 0 Å². The molecule has 1 aromatic heterocycles. The monoisotopic (exact) mass is 347 g/mol. The van der Waals surface area contributed by atoms with Crippen LogP contribution in [0.3, 0.4) is 0 Å². The smallest absolute Gasteiger partial charge is 0.237 e. The van der Waals surface area contributed by atoms with Gasteiger partial charge in [0.15, 0.2) is 0 Å². The van der Waals surface area contributed by atoms with E-state index < -0.39 is 0 Å². The molecule has 0 radical (unpaired) electrons. The first-order valence-corrected chi connectivity index (χ1v) is 9.37. The summed E-state index contributed by atoms with van der Waals surface area (Å²) in [6, 6.07) is 0.117. The SMILES string of the molecule is CCn1ccnc1CN(C)C(=O)CC1C(=O)NCCN1C1CCCC1. The summed E-state index contributed by atoms with van der Waals surface area (Å²) in [5.74, 6) is 0.866. The van der Waals surface area contributed by atoms with Crippen LogP contribution in [0.2, 0.25) is 0 Å². The fourth-order valence-electron chi connectivity index (χ4n) is 4.02. The minimum absolute atomic E-state index is 0.00398. The van der Waals surface area contributed by atoms with Gasteiger partial charge in [-0.2, -0.15) is 0 Å². The molecule has 2 amide bonds. The first-order valence-electron chi connectivity index (χ1n) is 9.37. The van der Waals surface area contributed by atoms with Crippen LogP contribution >= 0.6 is 0 Å². The Kier molecular flexibility index (Phi) is 5.73. The molecule has 1 unspecified atom stereocenters. The molecule has 7 nitrogen and oxygen atoms in total. The van der Waals surface area contributed by atoms with Crippen LogP contribution in [-0.2, 0) is 22.7 Å². The molecule has 0 bridgehead atoms. The molecule has 0 spiro atoms. The molecule has 1 aliphatic heterocycles. The summed E-state index contributed by atoms with van der Waals surface area (Å²) in [6.45, 7) is 4.89. The van der Waals surface area contributed by atoms with Crippen LogP contribution in [0.1, 0.15) is 44.9 Å². The van der Waals surface area contributed by atoms with Crippen molar-refractivity contribution in [2.45, 2.75) is 64.2 Å².